The van der Waals surface area contributed by atoms with Gasteiger partial charge in [0.1, 0.15) is 4.90 Å². The van der Waals surface area contributed by atoms with E-state index >= 15 is 0 Å². The molecule has 4 nitrogen and oxygen atoms in total. The number of rotatable bonds is 4. The van der Waals surface area contributed by atoms with Gasteiger partial charge in [-0.2, -0.15) is 4.31 Å². The third-order valence-corrected chi connectivity index (χ3v) is 6.49. The maximum absolute atomic E-state index is 12.5. The maximum Gasteiger partial charge on any atom is 0.244 e. The highest BCUT2D eigenvalue weighted by molar-refractivity contribution is 9.10. The average molecular weight is 396 g/mol. The Balaban J connectivity index is 2.32. The minimum absolute atomic E-state index is 0.104. The SMILES string of the molecule is Cc1ncsc1CN(C)S(=O)(=O)c1ccc(Br)cc1Cl. The van der Waals surface area contributed by atoms with Crippen molar-refractivity contribution in [3.05, 3.63) is 43.8 Å². The maximum atomic E-state index is 12.5. The van der Waals surface area contributed by atoms with Crippen molar-refractivity contribution in [1.82, 2.24) is 9.29 Å². The van der Waals surface area contributed by atoms with Crippen molar-refractivity contribution in [1.29, 1.82) is 0 Å². The molecule has 0 atom stereocenters. The molecule has 108 valence electrons. The fourth-order valence-electron chi connectivity index (χ4n) is 1.62. The first-order valence-electron chi connectivity index (χ1n) is 5.62. The summed E-state index contributed by atoms with van der Waals surface area (Å²) in [5.41, 5.74) is 2.55. The molecule has 8 heteroatoms. The van der Waals surface area contributed by atoms with Crippen LogP contribution in [0.3, 0.4) is 0 Å². The Bertz CT molecular complexity index is 731. The second-order valence-electron chi connectivity index (χ2n) is 4.20. The molecule has 2 aromatic rings. The van der Waals surface area contributed by atoms with Gasteiger partial charge in [0.25, 0.3) is 0 Å². The molecule has 0 saturated heterocycles. The van der Waals surface area contributed by atoms with E-state index in [4.69, 9.17) is 11.6 Å². The van der Waals surface area contributed by atoms with Crippen molar-refractivity contribution in [2.45, 2.75) is 18.4 Å². The van der Waals surface area contributed by atoms with E-state index in [1.165, 1.54) is 28.8 Å². The first-order chi connectivity index (χ1) is 9.32. The summed E-state index contributed by atoms with van der Waals surface area (Å²) >= 11 is 10.7. The lowest BCUT2D eigenvalue weighted by Gasteiger charge is -2.17. The standard InChI is InChI=1S/C12H12BrClN2O2S2/c1-8-11(19-7-15-8)6-16(2)20(17,18)12-4-3-9(13)5-10(12)14/h3-5,7H,6H2,1-2H3. The molecule has 0 bridgehead atoms. The van der Waals surface area contributed by atoms with Crippen LogP contribution in [-0.4, -0.2) is 24.8 Å². The fourth-order valence-corrected chi connectivity index (χ4v) is 4.67. The average Bonchev–Trinajstić information content (AvgIpc) is 2.74. The van der Waals surface area contributed by atoms with Gasteiger partial charge in [-0.25, -0.2) is 13.4 Å². The van der Waals surface area contributed by atoms with E-state index in [-0.39, 0.29) is 16.5 Å². The fraction of sp³-hybridized carbons (Fsp3) is 0.250. The molecular weight excluding hydrogens is 384 g/mol. The van der Waals surface area contributed by atoms with Crippen molar-refractivity contribution in [2.24, 2.45) is 0 Å². The van der Waals surface area contributed by atoms with Crippen LogP contribution in [0.4, 0.5) is 0 Å². The summed E-state index contributed by atoms with van der Waals surface area (Å²) in [6.45, 7) is 2.14. The lowest BCUT2D eigenvalue weighted by molar-refractivity contribution is 0.468. The third kappa shape index (κ3) is 3.23. The Morgan fingerprint density at radius 2 is 2.15 bits per heavy atom. The largest absolute Gasteiger partial charge is 0.250 e. The molecule has 2 rings (SSSR count). The number of hydrogen-bond donors (Lipinski definition) is 0. The highest BCUT2D eigenvalue weighted by Gasteiger charge is 2.24. The number of halogens is 2. The van der Waals surface area contributed by atoms with E-state index in [0.29, 0.717) is 0 Å². The van der Waals surface area contributed by atoms with E-state index in [9.17, 15) is 8.42 Å². The Labute approximate surface area is 135 Å². The smallest absolute Gasteiger partial charge is 0.244 e. The first-order valence-corrected chi connectivity index (χ1v) is 9.12. The molecule has 0 radical (unpaired) electrons. The van der Waals surface area contributed by atoms with Crippen molar-refractivity contribution in [3.63, 3.8) is 0 Å². The van der Waals surface area contributed by atoms with Gasteiger partial charge in [0.05, 0.1) is 16.2 Å². The van der Waals surface area contributed by atoms with Crippen LogP contribution in [0.5, 0.6) is 0 Å². The zero-order valence-electron chi connectivity index (χ0n) is 10.8. The minimum atomic E-state index is -3.62. The lowest BCUT2D eigenvalue weighted by Crippen LogP contribution is -2.26. The monoisotopic (exact) mass is 394 g/mol. The van der Waals surface area contributed by atoms with Crippen molar-refractivity contribution in [3.8, 4) is 0 Å². The van der Waals surface area contributed by atoms with Gasteiger partial charge in [-0.05, 0) is 25.1 Å². The molecule has 0 unspecified atom stereocenters. The van der Waals surface area contributed by atoms with Crippen molar-refractivity contribution >= 4 is 48.9 Å². The van der Waals surface area contributed by atoms with Gasteiger partial charge in [0.2, 0.25) is 10.0 Å². The quantitative estimate of drug-likeness (QED) is 0.793. The molecule has 0 spiro atoms. The molecule has 0 aliphatic rings. The van der Waals surface area contributed by atoms with Gasteiger partial charge in [-0.1, -0.05) is 27.5 Å². The van der Waals surface area contributed by atoms with Gasteiger partial charge in [0, 0.05) is 22.9 Å². The van der Waals surface area contributed by atoms with Crippen LogP contribution in [0.2, 0.25) is 5.02 Å². The normalized spacial score (nSPS) is 12.1. The summed E-state index contributed by atoms with van der Waals surface area (Å²) in [7, 11) is -2.09. The van der Waals surface area contributed by atoms with Crippen molar-refractivity contribution < 1.29 is 8.42 Å². The molecule has 1 heterocycles. The van der Waals surface area contributed by atoms with E-state index in [2.05, 4.69) is 20.9 Å². The van der Waals surface area contributed by atoms with Gasteiger partial charge >= 0.3 is 0 Å². The van der Waals surface area contributed by atoms with E-state index < -0.39 is 10.0 Å². The number of sulfonamides is 1. The van der Waals surface area contributed by atoms with E-state index in [0.717, 1.165) is 15.0 Å². The van der Waals surface area contributed by atoms with E-state index in [1.807, 2.05) is 6.92 Å². The lowest BCUT2D eigenvalue weighted by atomic mass is 10.4. The number of aryl methyl sites for hydroxylation is 1. The molecule has 1 aromatic heterocycles. The molecular formula is C12H12BrClN2O2S2. The van der Waals surface area contributed by atoms with E-state index in [1.54, 1.807) is 17.6 Å². The number of hydrogen-bond acceptors (Lipinski definition) is 4. The summed E-state index contributed by atoms with van der Waals surface area (Å²) in [5, 5.41) is 0.201. The predicted molar refractivity (Wildman–Crippen MR) is 84.7 cm³/mol. The topological polar surface area (TPSA) is 50.3 Å². The molecule has 0 amide bonds. The summed E-state index contributed by atoms with van der Waals surface area (Å²) < 4.78 is 27.0. The summed E-state index contributed by atoms with van der Waals surface area (Å²) in [5.74, 6) is 0. The number of aromatic nitrogens is 1. The summed E-state index contributed by atoms with van der Waals surface area (Å²) in [6.07, 6.45) is 0. The first kappa shape index (κ1) is 15.9. The second-order valence-corrected chi connectivity index (χ2v) is 8.47. The molecule has 20 heavy (non-hydrogen) atoms. The molecule has 0 N–H and O–H groups in total. The summed E-state index contributed by atoms with van der Waals surface area (Å²) in [4.78, 5) is 5.14. The predicted octanol–water partition coefficient (Wildman–Crippen LogP) is 3.69. The molecule has 0 saturated carbocycles. The number of benzene rings is 1. The number of thiazole rings is 1. The Morgan fingerprint density at radius 1 is 1.45 bits per heavy atom. The minimum Gasteiger partial charge on any atom is -0.250 e. The van der Waals surface area contributed by atoms with Crippen LogP contribution in [0.1, 0.15) is 10.6 Å². The van der Waals surface area contributed by atoms with Crippen molar-refractivity contribution in [2.75, 3.05) is 7.05 Å². The number of nitrogens with zero attached hydrogens (tertiary/aromatic N) is 2. The van der Waals surface area contributed by atoms with Crippen LogP contribution in [-0.2, 0) is 16.6 Å². The highest BCUT2D eigenvalue weighted by atomic mass is 79.9. The van der Waals surface area contributed by atoms with Crippen LogP contribution in [0, 0.1) is 6.92 Å². The van der Waals surface area contributed by atoms with Gasteiger partial charge in [-0.15, -0.1) is 11.3 Å². The van der Waals surface area contributed by atoms with Crippen LogP contribution < -0.4 is 0 Å². The molecule has 0 aliphatic heterocycles. The Morgan fingerprint density at radius 3 is 2.70 bits per heavy atom. The molecule has 0 fully saturated rings. The Hall–Kier alpha value is -0.470. The highest BCUT2D eigenvalue weighted by Crippen LogP contribution is 2.28. The zero-order chi connectivity index (χ0) is 14.9. The van der Waals surface area contributed by atoms with Crippen LogP contribution >= 0.6 is 38.9 Å². The van der Waals surface area contributed by atoms with Gasteiger partial charge < -0.3 is 0 Å². The van der Waals surface area contributed by atoms with Crippen LogP contribution in [0.25, 0.3) is 0 Å². The Kier molecular flexibility index (Phi) is 4.86. The zero-order valence-corrected chi connectivity index (χ0v) is 14.8. The van der Waals surface area contributed by atoms with Gasteiger partial charge in [-0.3, -0.25) is 0 Å². The molecule has 0 aliphatic carbocycles. The third-order valence-electron chi connectivity index (χ3n) is 2.79. The van der Waals surface area contributed by atoms with Gasteiger partial charge in [0.15, 0.2) is 0 Å². The van der Waals surface area contributed by atoms with Crippen LogP contribution in [0.15, 0.2) is 33.1 Å². The summed E-state index contributed by atoms with van der Waals surface area (Å²) in [6, 6.07) is 4.72. The molecule has 1 aromatic carbocycles. The second kappa shape index (κ2) is 6.11.